The zero-order valence-electron chi connectivity index (χ0n) is 28.2. The van der Waals surface area contributed by atoms with Crippen LogP contribution in [0.1, 0.15) is 47.3 Å². The molecular weight excluding hydrogens is 678 g/mol. The van der Waals surface area contributed by atoms with E-state index in [0.717, 1.165) is 5.56 Å². The minimum Gasteiger partial charge on any atom is -0.478 e. The van der Waals surface area contributed by atoms with Crippen molar-refractivity contribution >= 4 is 45.3 Å². The van der Waals surface area contributed by atoms with Gasteiger partial charge in [0.1, 0.15) is 6.10 Å². The molecule has 0 spiro atoms. The molecule has 0 bridgehead atoms. The summed E-state index contributed by atoms with van der Waals surface area (Å²) in [5, 5.41) is 26.4. The number of hydrogen-bond acceptors (Lipinski definition) is 9. The molecule has 2 saturated heterocycles. The summed E-state index contributed by atoms with van der Waals surface area (Å²) in [5.41, 5.74) is 2.48. The molecule has 5 atom stereocenters. The fourth-order valence-corrected chi connectivity index (χ4v) is 8.19. The maximum atomic E-state index is 14.3. The van der Waals surface area contributed by atoms with Gasteiger partial charge in [-0.15, -0.1) is 0 Å². The molecule has 0 radical (unpaired) electrons. The van der Waals surface area contributed by atoms with Gasteiger partial charge in [-0.3, -0.25) is 4.79 Å². The van der Waals surface area contributed by atoms with E-state index < -0.39 is 52.5 Å². The van der Waals surface area contributed by atoms with Crippen LogP contribution >= 0.6 is 0 Å². The highest BCUT2D eigenvalue weighted by Gasteiger charge is 2.44. The lowest BCUT2D eigenvalue weighted by molar-refractivity contribution is -0.110. The number of nitrogens with one attached hydrogen (secondary N) is 2. The highest BCUT2D eigenvalue weighted by atomic mass is 32.2. The standard InChI is InChI=1S/C37H41N3O10S/c1-22(2)19-40(20-32(41)31(17-23-6-4-3-5-7-23)39-37(45)50-33-21-49-36-27(33)14-15-48-36)51(46,47)26-12-13-30-28(18-26)29(34(42)38-30)16-24-8-10-25(11-9-24)35(43)44/h3-13,16,18,22,27,31-33,36,41H,14-15,17,19-21H2,1-2H3,(H,38,42)(H,39,45)(H,43,44)/b29-16-/t27-,31-,32+,33-,36+/m0/s1. The van der Waals surface area contributed by atoms with E-state index in [0.29, 0.717) is 29.8 Å². The van der Waals surface area contributed by atoms with Gasteiger partial charge in [0.25, 0.3) is 5.91 Å². The Morgan fingerprint density at radius 1 is 1.06 bits per heavy atom. The Balaban J connectivity index is 1.24. The van der Waals surface area contributed by atoms with Crippen LogP contribution in [0.5, 0.6) is 0 Å². The average molecular weight is 720 g/mol. The number of amides is 2. The Labute approximate surface area is 296 Å². The van der Waals surface area contributed by atoms with Gasteiger partial charge in [-0.05, 0) is 66.3 Å². The third kappa shape index (κ3) is 8.32. The monoisotopic (exact) mass is 719 g/mol. The maximum absolute atomic E-state index is 14.3. The van der Waals surface area contributed by atoms with Crippen LogP contribution in [0.15, 0.2) is 77.7 Å². The van der Waals surface area contributed by atoms with Crippen LogP contribution in [0.3, 0.4) is 0 Å². The summed E-state index contributed by atoms with van der Waals surface area (Å²) < 4.78 is 46.6. The summed E-state index contributed by atoms with van der Waals surface area (Å²) >= 11 is 0. The van der Waals surface area contributed by atoms with Gasteiger partial charge in [0, 0.05) is 29.9 Å². The minimum atomic E-state index is -4.24. The zero-order chi connectivity index (χ0) is 36.3. The fraction of sp³-hybridized carbons (Fsp3) is 0.378. The number of hydrogen-bond donors (Lipinski definition) is 4. The summed E-state index contributed by atoms with van der Waals surface area (Å²) in [6.07, 6.45) is -0.530. The van der Waals surface area contributed by atoms with Gasteiger partial charge in [-0.25, -0.2) is 18.0 Å². The molecule has 3 aromatic carbocycles. The van der Waals surface area contributed by atoms with Crippen molar-refractivity contribution in [2.24, 2.45) is 11.8 Å². The summed E-state index contributed by atoms with van der Waals surface area (Å²) in [7, 11) is -4.24. The fourth-order valence-electron chi connectivity index (χ4n) is 6.54. The molecule has 3 aliphatic heterocycles. The Morgan fingerprint density at radius 2 is 1.80 bits per heavy atom. The number of rotatable bonds is 13. The van der Waals surface area contributed by atoms with E-state index >= 15 is 0 Å². The summed E-state index contributed by atoms with van der Waals surface area (Å²) in [4.78, 5) is 37.3. The number of carbonyl (C=O) groups excluding carboxylic acids is 2. The van der Waals surface area contributed by atoms with Crippen LogP contribution in [0.2, 0.25) is 0 Å². The van der Waals surface area contributed by atoms with E-state index in [4.69, 9.17) is 14.2 Å². The number of aliphatic hydroxyl groups excluding tert-OH is 1. The van der Waals surface area contributed by atoms with Crippen LogP contribution < -0.4 is 10.6 Å². The first-order valence-corrected chi connectivity index (χ1v) is 18.3. The Bertz CT molecular complexity index is 1900. The van der Waals surface area contributed by atoms with Crippen molar-refractivity contribution in [2.45, 2.75) is 56.1 Å². The quantitative estimate of drug-likeness (QED) is 0.189. The highest BCUT2D eigenvalue weighted by Crippen LogP contribution is 2.36. The molecule has 0 aromatic heterocycles. The number of nitrogens with zero attached hydrogens (tertiary/aromatic N) is 1. The number of ether oxygens (including phenoxy) is 3. The Hall–Kier alpha value is -4.60. The van der Waals surface area contributed by atoms with Gasteiger partial charge in [0.15, 0.2) is 6.29 Å². The number of alkyl carbamates (subject to hydrolysis) is 1. The first-order chi connectivity index (χ1) is 24.4. The molecule has 14 heteroatoms. The van der Waals surface area contributed by atoms with E-state index in [-0.39, 0.29) is 54.0 Å². The molecule has 3 heterocycles. The topological polar surface area (TPSA) is 181 Å². The van der Waals surface area contributed by atoms with Crippen molar-refractivity contribution in [3.63, 3.8) is 0 Å². The number of fused-ring (bicyclic) bond motifs is 2. The van der Waals surface area contributed by atoms with E-state index in [1.165, 1.54) is 34.6 Å². The molecule has 4 N–H and O–H groups in total. The van der Waals surface area contributed by atoms with E-state index in [1.54, 1.807) is 18.2 Å². The van der Waals surface area contributed by atoms with Crippen molar-refractivity contribution in [1.29, 1.82) is 0 Å². The lowest BCUT2D eigenvalue weighted by Crippen LogP contribution is -2.51. The molecule has 0 saturated carbocycles. The Morgan fingerprint density at radius 3 is 2.51 bits per heavy atom. The molecule has 270 valence electrons. The first-order valence-electron chi connectivity index (χ1n) is 16.8. The average Bonchev–Trinajstić information content (AvgIpc) is 3.80. The van der Waals surface area contributed by atoms with Gasteiger partial charge < -0.3 is 35.1 Å². The molecular formula is C37H41N3O10S. The van der Waals surface area contributed by atoms with Gasteiger partial charge in [0.05, 0.1) is 41.7 Å². The molecule has 0 aliphatic carbocycles. The number of aliphatic hydroxyl groups is 1. The van der Waals surface area contributed by atoms with Gasteiger partial charge in [-0.1, -0.05) is 56.3 Å². The van der Waals surface area contributed by atoms with Crippen molar-refractivity contribution in [1.82, 2.24) is 9.62 Å². The van der Waals surface area contributed by atoms with Crippen molar-refractivity contribution in [2.75, 3.05) is 31.6 Å². The van der Waals surface area contributed by atoms with E-state index in [9.17, 15) is 33.0 Å². The van der Waals surface area contributed by atoms with E-state index in [2.05, 4.69) is 10.6 Å². The molecule has 2 fully saturated rings. The third-order valence-corrected chi connectivity index (χ3v) is 11.0. The number of carboxylic acids is 1. The van der Waals surface area contributed by atoms with Gasteiger partial charge in [0.2, 0.25) is 10.0 Å². The number of aromatic carboxylic acids is 1. The molecule has 6 rings (SSSR count). The molecule has 51 heavy (non-hydrogen) atoms. The van der Waals surface area contributed by atoms with Gasteiger partial charge in [-0.2, -0.15) is 4.31 Å². The highest BCUT2D eigenvalue weighted by molar-refractivity contribution is 7.89. The number of anilines is 1. The number of carboxylic acid groups (broad SMARTS) is 1. The second kappa shape index (κ2) is 15.3. The molecule has 2 amide bonds. The van der Waals surface area contributed by atoms with Crippen LogP contribution in [0.25, 0.3) is 11.6 Å². The van der Waals surface area contributed by atoms with Gasteiger partial charge >= 0.3 is 12.1 Å². The second-order valence-electron chi connectivity index (χ2n) is 13.3. The second-order valence-corrected chi connectivity index (χ2v) is 15.3. The van der Waals surface area contributed by atoms with Crippen LogP contribution in [-0.4, -0.2) is 91.7 Å². The Kier molecular flexibility index (Phi) is 10.9. The SMILES string of the molecule is CC(C)CN(C[C@@H](O)[C@H](Cc1ccccc1)NC(=O)O[C@H]1CO[C@H]2OCC[C@H]21)S(=O)(=O)c1ccc2c(c1)/C(=C/c1ccc(C(=O)O)cc1)C(=O)N2. The molecule has 13 nitrogen and oxygen atoms in total. The molecule has 3 aromatic rings. The molecule has 0 unspecified atom stereocenters. The van der Waals surface area contributed by atoms with Crippen molar-refractivity contribution in [3.8, 4) is 0 Å². The number of benzene rings is 3. The van der Waals surface area contributed by atoms with E-state index in [1.807, 2.05) is 44.2 Å². The minimum absolute atomic E-state index is 0.0667. The largest absolute Gasteiger partial charge is 0.478 e. The van der Waals surface area contributed by atoms with Crippen molar-refractivity contribution < 1.29 is 47.2 Å². The summed E-state index contributed by atoms with van der Waals surface area (Å²) in [6.45, 7) is 4.16. The number of sulfonamides is 1. The van der Waals surface area contributed by atoms with Crippen LogP contribution in [-0.2, 0) is 35.4 Å². The number of carbonyl (C=O) groups is 3. The zero-order valence-corrected chi connectivity index (χ0v) is 29.0. The molecule has 3 aliphatic rings. The van der Waals surface area contributed by atoms with Crippen LogP contribution in [0.4, 0.5) is 10.5 Å². The third-order valence-electron chi connectivity index (χ3n) is 9.15. The summed E-state index contributed by atoms with van der Waals surface area (Å²) in [6, 6.07) is 18.6. The lowest BCUT2D eigenvalue weighted by atomic mass is 10.0. The van der Waals surface area contributed by atoms with Crippen molar-refractivity contribution in [3.05, 3.63) is 95.1 Å². The summed E-state index contributed by atoms with van der Waals surface area (Å²) in [5.74, 6) is -1.71. The first kappa shape index (κ1) is 36.2. The predicted molar refractivity (Wildman–Crippen MR) is 187 cm³/mol. The normalized spacial score (nSPS) is 21.7. The smallest absolute Gasteiger partial charge is 0.407 e. The van der Waals surface area contributed by atoms with Crippen LogP contribution in [0, 0.1) is 11.8 Å². The lowest BCUT2D eigenvalue weighted by Gasteiger charge is -2.31. The maximum Gasteiger partial charge on any atom is 0.407 e. The predicted octanol–water partition coefficient (Wildman–Crippen LogP) is 3.98.